The predicted molar refractivity (Wildman–Crippen MR) is 97.3 cm³/mol. The Hall–Kier alpha value is -1.60. The van der Waals surface area contributed by atoms with Crippen LogP contribution in [-0.4, -0.2) is 30.3 Å². The van der Waals surface area contributed by atoms with Crippen molar-refractivity contribution in [2.75, 3.05) is 18.9 Å². The summed E-state index contributed by atoms with van der Waals surface area (Å²) >= 11 is 13.3. The molecule has 2 aromatic rings. The van der Waals surface area contributed by atoms with Gasteiger partial charge < -0.3 is 16.0 Å². The third-order valence-electron chi connectivity index (χ3n) is 3.85. The quantitative estimate of drug-likeness (QED) is 0.852. The van der Waals surface area contributed by atoms with Crippen molar-refractivity contribution in [3.63, 3.8) is 0 Å². The summed E-state index contributed by atoms with van der Waals surface area (Å²) in [5, 5.41) is 3.99. The first-order valence-corrected chi connectivity index (χ1v) is 8.82. The number of carbonyl (C=O) groups is 2. The molecule has 1 aliphatic rings. The molecule has 0 atom stereocenters. The zero-order chi connectivity index (χ0) is 17.4. The number of nitrogens with zero attached hydrogens (tertiary/aromatic N) is 1. The zero-order valence-corrected chi connectivity index (χ0v) is 15.2. The van der Waals surface area contributed by atoms with Crippen molar-refractivity contribution in [2.24, 2.45) is 5.73 Å². The Bertz CT molecular complexity index is 815. The van der Waals surface area contributed by atoms with Crippen LogP contribution in [-0.2, 0) is 13.0 Å². The van der Waals surface area contributed by atoms with Crippen LogP contribution in [0.1, 0.15) is 31.2 Å². The topological polar surface area (TPSA) is 75.4 Å². The minimum Gasteiger partial charge on any atom is -0.365 e. The van der Waals surface area contributed by atoms with Gasteiger partial charge in [0.1, 0.15) is 5.00 Å². The number of carbonyl (C=O) groups excluding carboxylic acids is 2. The molecular weight excluding hydrogens is 369 g/mol. The lowest BCUT2D eigenvalue weighted by atomic mass is 10.0. The lowest BCUT2D eigenvalue weighted by Crippen LogP contribution is -2.27. The number of benzene rings is 1. The SMILES string of the molecule is CN1CCc2c(sc(NC(=O)c3cc(Cl)cc(Cl)c3)c2C(N)=O)C1. The largest absolute Gasteiger partial charge is 0.365 e. The third-order valence-corrected chi connectivity index (χ3v) is 5.41. The summed E-state index contributed by atoms with van der Waals surface area (Å²) in [4.78, 5) is 27.6. The van der Waals surface area contributed by atoms with Crippen LogP contribution in [0.25, 0.3) is 0 Å². The van der Waals surface area contributed by atoms with Gasteiger partial charge in [0, 0.05) is 33.6 Å². The molecule has 1 aliphatic heterocycles. The van der Waals surface area contributed by atoms with Gasteiger partial charge in [-0.25, -0.2) is 0 Å². The summed E-state index contributed by atoms with van der Waals surface area (Å²) in [5.41, 5.74) is 7.21. The van der Waals surface area contributed by atoms with Crippen molar-refractivity contribution in [1.29, 1.82) is 0 Å². The van der Waals surface area contributed by atoms with Gasteiger partial charge in [0.2, 0.25) is 0 Å². The lowest BCUT2D eigenvalue weighted by molar-refractivity contribution is 0.1000. The van der Waals surface area contributed by atoms with Crippen LogP contribution in [0.15, 0.2) is 18.2 Å². The van der Waals surface area contributed by atoms with E-state index < -0.39 is 5.91 Å². The number of rotatable bonds is 3. The van der Waals surface area contributed by atoms with Crippen LogP contribution in [0.3, 0.4) is 0 Å². The van der Waals surface area contributed by atoms with E-state index in [1.54, 1.807) is 6.07 Å². The van der Waals surface area contributed by atoms with E-state index in [0.717, 1.165) is 30.0 Å². The fourth-order valence-electron chi connectivity index (χ4n) is 2.74. The van der Waals surface area contributed by atoms with Gasteiger partial charge in [0.15, 0.2) is 0 Å². The Labute approximate surface area is 153 Å². The molecule has 0 unspecified atom stereocenters. The Balaban J connectivity index is 1.95. The molecule has 3 N–H and O–H groups in total. The molecular formula is C16H15Cl2N3O2S. The fourth-order valence-corrected chi connectivity index (χ4v) is 4.59. The Morgan fingerprint density at radius 1 is 1.25 bits per heavy atom. The number of nitrogens with one attached hydrogen (secondary N) is 1. The van der Waals surface area contributed by atoms with E-state index in [0.29, 0.717) is 26.2 Å². The summed E-state index contributed by atoms with van der Waals surface area (Å²) < 4.78 is 0. The molecule has 0 bridgehead atoms. The van der Waals surface area contributed by atoms with Crippen molar-refractivity contribution >= 4 is 51.4 Å². The average molecular weight is 384 g/mol. The maximum Gasteiger partial charge on any atom is 0.256 e. The third kappa shape index (κ3) is 3.42. The van der Waals surface area contributed by atoms with Crippen molar-refractivity contribution in [3.8, 4) is 0 Å². The molecule has 126 valence electrons. The second-order valence-corrected chi connectivity index (χ2v) is 7.65. The van der Waals surface area contributed by atoms with Crippen molar-refractivity contribution in [2.45, 2.75) is 13.0 Å². The summed E-state index contributed by atoms with van der Waals surface area (Å²) in [6, 6.07) is 4.59. The molecule has 0 saturated carbocycles. The van der Waals surface area contributed by atoms with Crippen LogP contribution in [0.5, 0.6) is 0 Å². The van der Waals surface area contributed by atoms with E-state index in [2.05, 4.69) is 10.2 Å². The Kier molecular flexibility index (Phi) is 4.83. The van der Waals surface area contributed by atoms with Crippen LogP contribution in [0, 0.1) is 0 Å². The summed E-state index contributed by atoms with van der Waals surface area (Å²) in [5.74, 6) is -0.912. The Morgan fingerprint density at radius 2 is 1.92 bits per heavy atom. The molecule has 2 heterocycles. The molecule has 24 heavy (non-hydrogen) atoms. The van der Waals surface area contributed by atoms with Gasteiger partial charge in [-0.2, -0.15) is 0 Å². The second-order valence-electron chi connectivity index (χ2n) is 5.67. The first-order valence-electron chi connectivity index (χ1n) is 7.25. The molecule has 3 rings (SSSR count). The first-order chi connectivity index (χ1) is 11.3. The van der Waals surface area contributed by atoms with E-state index in [-0.39, 0.29) is 5.91 Å². The summed E-state index contributed by atoms with van der Waals surface area (Å²) in [6.07, 6.45) is 0.736. The number of primary amides is 1. The van der Waals surface area contributed by atoms with Crippen LogP contribution >= 0.6 is 34.5 Å². The number of hydrogen-bond acceptors (Lipinski definition) is 4. The molecule has 2 amide bonds. The normalized spacial score (nSPS) is 14.3. The summed E-state index contributed by atoms with van der Waals surface area (Å²) in [6.45, 7) is 1.58. The van der Waals surface area contributed by atoms with Gasteiger partial charge in [-0.05, 0) is 37.2 Å². The molecule has 0 fully saturated rings. The molecule has 0 spiro atoms. The molecule has 5 nitrogen and oxygen atoms in total. The van der Waals surface area contributed by atoms with Crippen LogP contribution in [0.2, 0.25) is 10.0 Å². The smallest absolute Gasteiger partial charge is 0.256 e. The van der Waals surface area contributed by atoms with Crippen LogP contribution < -0.4 is 11.1 Å². The molecule has 8 heteroatoms. The van der Waals surface area contributed by atoms with E-state index in [9.17, 15) is 9.59 Å². The lowest BCUT2D eigenvalue weighted by Gasteiger charge is -2.22. The summed E-state index contributed by atoms with van der Waals surface area (Å²) in [7, 11) is 2.01. The minimum atomic E-state index is -0.531. The fraction of sp³-hybridized carbons (Fsp3) is 0.250. The Morgan fingerprint density at radius 3 is 2.54 bits per heavy atom. The van der Waals surface area contributed by atoms with Gasteiger partial charge in [-0.15, -0.1) is 11.3 Å². The monoisotopic (exact) mass is 383 g/mol. The van der Waals surface area contributed by atoms with Gasteiger partial charge in [0.05, 0.1) is 5.56 Å². The van der Waals surface area contributed by atoms with Gasteiger partial charge in [-0.3, -0.25) is 9.59 Å². The molecule has 1 aromatic carbocycles. The van der Waals surface area contributed by atoms with E-state index in [1.807, 2.05) is 7.05 Å². The highest BCUT2D eigenvalue weighted by molar-refractivity contribution is 7.17. The van der Waals surface area contributed by atoms with E-state index >= 15 is 0 Å². The molecule has 1 aromatic heterocycles. The number of halogens is 2. The number of thiophene rings is 1. The predicted octanol–water partition coefficient (Wildman–Crippen LogP) is 3.39. The van der Waals surface area contributed by atoms with Gasteiger partial charge in [0.25, 0.3) is 11.8 Å². The van der Waals surface area contributed by atoms with Crippen LogP contribution in [0.4, 0.5) is 5.00 Å². The molecule has 0 saturated heterocycles. The highest BCUT2D eigenvalue weighted by Gasteiger charge is 2.26. The second kappa shape index (κ2) is 6.72. The van der Waals surface area contributed by atoms with Crippen molar-refractivity contribution in [3.05, 3.63) is 49.8 Å². The molecule has 0 aliphatic carbocycles. The highest BCUT2D eigenvalue weighted by atomic mass is 35.5. The average Bonchev–Trinajstić information content (AvgIpc) is 2.83. The van der Waals surface area contributed by atoms with E-state index in [4.69, 9.17) is 28.9 Å². The maximum atomic E-state index is 12.5. The van der Waals surface area contributed by atoms with Gasteiger partial charge in [-0.1, -0.05) is 23.2 Å². The highest BCUT2D eigenvalue weighted by Crippen LogP contribution is 2.37. The van der Waals surface area contributed by atoms with E-state index in [1.165, 1.54) is 23.5 Å². The standard InChI is InChI=1S/C16H15Cl2N3O2S/c1-21-3-2-11-12(7-21)24-16(13(11)14(19)22)20-15(23)8-4-9(17)6-10(18)5-8/h4-6H,2-3,7H2,1H3,(H2,19,22)(H,20,23). The zero-order valence-electron chi connectivity index (χ0n) is 12.9. The number of fused-ring (bicyclic) bond motifs is 1. The van der Waals surface area contributed by atoms with Crippen molar-refractivity contribution < 1.29 is 9.59 Å². The van der Waals surface area contributed by atoms with Gasteiger partial charge >= 0.3 is 0 Å². The van der Waals surface area contributed by atoms with Crippen molar-refractivity contribution in [1.82, 2.24) is 4.90 Å². The first kappa shape index (κ1) is 17.2. The number of nitrogens with two attached hydrogens (primary N) is 1. The minimum absolute atomic E-state index is 0.325. The number of hydrogen-bond donors (Lipinski definition) is 2. The maximum absolute atomic E-state index is 12.5. The number of anilines is 1. The number of likely N-dealkylation sites (N-methyl/N-ethyl adjacent to an activating group) is 1. The molecule has 0 radical (unpaired) electrons. The number of amides is 2.